The van der Waals surface area contributed by atoms with Crippen LogP contribution >= 0.6 is 22.6 Å². The summed E-state index contributed by atoms with van der Waals surface area (Å²) in [6.45, 7) is 2.87. The van der Waals surface area contributed by atoms with E-state index < -0.39 is 5.97 Å². The average Bonchev–Trinajstić information content (AvgIpc) is 2.68. The summed E-state index contributed by atoms with van der Waals surface area (Å²) in [6.07, 6.45) is 1.32. The lowest BCUT2D eigenvalue weighted by atomic mass is 10.1. The lowest BCUT2D eigenvalue weighted by molar-refractivity contribution is -0.138. The molecule has 1 atom stereocenters. The van der Waals surface area contributed by atoms with Crippen molar-refractivity contribution in [2.45, 2.75) is 19.4 Å². The number of likely N-dealkylation sites (tertiary alicyclic amines) is 1. The van der Waals surface area contributed by atoms with Crippen LogP contribution in [0.2, 0.25) is 0 Å². The molecular formula is C13H16INO2. The van der Waals surface area contributed by atoms with Crippen LogP contribution in [0.3, 0.4) is 0 Å². The minimum Gasteiger partial charge on any atom is -0.481 e. The second-order valence-corrected chi connectivity index (χ2v) is 5.86. The van der Waals surface area contributed by atoms with Gasteiger partial charge in [0.1, 0.15) is 0 Å². The number of halogens is 1. The van der Waals surface area contributed by atoms with Gasteiger partial charge in [-0.1, -0.05) is 12.1 Å². The second kappa shape index (κ2) is 5.82. The van der Waals surface area contributed by atoms with Gasteiger partial charge in [0.25, 0.3) is 0 Å². The predicted molar refractivity (Wildman–Crippen MR) is 74.8 cm³/mol. The molecule has 1 N–H and O–H groups in total. The molecule has 1 aromatic carbocycles. The summed E-state index contributed by atoms with van der Waals surface area (Å²) < 4.78 is 1.25. The standard InChI is InChI=1S/C13H16INO2/c14-12-3-1-10(2-4-12)8-15-6-5-11(9-15)7-13(16)17/h1-4,11H,5-9H2,(H,16,17). The molecule has 92 valence electrons. The van der Waals surface area contributed by atoms with Gasteiger partial charge in [-0.3, -0.25) is 9.69 Å². The van der Waals surface area contributed by atoms with Crippen molar-refractivity contribution < 1.29 is 9.90 Å². The van der Waals surface area contributed by atoms with Crippen LogP contribution in [-0.2, 0) is 11.3 Å². The molecule has 4 heteroatoms. The van der Waals surface area contributed by atoms with Crippen molar-refractivity contribution >= 4 is 28.6 Å². The third-order valence-corrected chi connectivity index (χ3v) is 3.87. The number of rotatable bonds is 4. The molecular weight excluding hydrogens is 329 g/mol. The van der Waals surface area contributed by atoms with Crippen molar-refractivity contribution in [3.63, 3.8) is 0 Å². The topological polar surface area (TPSA) is 40.5 Å². The Kier molecular flexibility index (Phi) is 4.39. The molecule has 1 saturated heterocycles. The highest BCUT2D eigenvalue weighted by Crippen LogP contribution is 2.21. The van der Waals surface area contributed by atoms with Crippen LogP contribution in [0, 0.1) is 9.49 Å². The maximum absolute atomic E-state index is 10.6. The highest BCUT2D eigenvalue weighted by molar-refractivity contribution is 14.1. The number of nitrogens with zero attached hydrogens (tertiary/aromatic N) is 1. The van der Waals surface area contributed by atoms with Crippen LogP contribution in [0.5, 0.6) is 0 Å². The highest BCUT2D eigenvalue weighted by atomic mass is 127. The first-order valence-electron chi connectivity index (χ1n) is 5.82. The van der Waals surface area contributed by atoms with Gasteiger partial charge < -0.3 is 5.11 Å². The van der Waals surface area contributed by atoms with E-state index in [1.54, 1.807) is 0 Å². The van der Waals surface area contributed by atoms with Crippen molar-refractivity contribution in [2.24, 2.45) is 5.92 Å². The van der Waals surface area contributed by atoms with Crippen LogP contribution in [0.1, 0.15) is 18.4 Å². The maximum atomic E-state index is 10.6. The van der Waals surface area contributed by atoms with Gasteiger partial charge in [0.2, 0.25) is 0 Å². The maximum Gasteiger partial charge on any atom is 0.303 e. The van der Waals surface area contributed by atoms with E-state index in [0.29, 0.717) is 12.3 Å². The quantitative estimate of drug-likeness (QED) is 0.853. The Hall–Kier alpha value is -0.620. The Morgan fingerprint density at radius 2 is 2.12 bits per heavy atom. The first-order chi connectivity index (χ1) is 8.13. The Balaban J connectivity index is 1.85. The predicted octanol–water partition coefficient (Wildman–Crippen LogP) is 2.59. The Morgan fingerprint density at radius 3 is 2.76 bits per heavy atom. The molecule has 0 bridgehead atoms. The Bertz CT molecular complexity index is 391. The molecule has 1 aliphatic rings. The number of hydrogen-bond acceptors (Lipinski definition) is 2. The van der Waals surface area contributed by atoms with Gasteiger partial charge in [0.05, 0.1) is 0 Å². The van der Waals surface area contributed by atoms with Gasteiger partial charge in [0.15, 0.2) is 0 Å². The van der Waals surface area contributed by atoms with Crippen molar-refractivity contribution in [3.8, 4) is 0 Å². The Labute approximate surface area is 115 Å². The van der Waals surface area contributed by atoms with Crippen LogP contribution in [0.25, 0.3) is 0 Å². The number of benzene rings is 1. The molecule has 0 aromatic heterocycles. The second-order valence-electron chi connectivity index (χ2n) is 4.61. The lowest BCUT2D eigenvalue weighted by Gasteiger charge is -2.15. The third kappa shape index (κ3) is 3.96. The number of aliphatic carboxylic acids is 1. The summed E-state index contributed by atoms with van der Waals surface area (Å²) >= 11 is 2.30. The molecule has 0 radical (unpaired) electrons. The smallest absolute Gasteiger partial charge is 0.303 e. The van der Waals surface area contributed by atoms with Gasteiger partial charge in [0, 0.05) is 23.1 Å². The molecule has 1 aromatic rings. The van der Waals surface area contributed by atoms with E-state index in [-0.39, 0.29) is 0 Å². The molecule has 1 heterocycles. The molecule has 1 fully saturated rings. The largest absolute Gasteiger partial charge is 0.481 e. The summed E-state index contributed by atoms with van der Waals surface area (Å²) in [5.41, 5.74) is 1.31. The fraction of sp³-hybridized carbons (Fsp3) is 0.462. The molecule has 3 nitrogen and oxygen atoms in total. The number of carbonyl (C=O) groups is 1. The van der Waals surface area contributed by atoms with Crippen molar-refractivity contribution in [2.75, 3.05) is 13.1 Å². The summed E-state index contributed by atoms with van der Waals surface area (Å²) in [6, 6.07) is 8.51. The van der Waals surface area contributed by atoms with Crippen LogP contribution in [-0.4, -0.2) is 29.1 Å². The van der Waals surface area contributed by atoms with Gasteiger partial charge in [-0.2, -0.15) is 0 Å². The molecule has 0 saturated carbocycles. The summed E-state index contributed by atoms with van der Waals surface area (Å²) in [5, 5.41) is 8.76. The van der Waals surface area contributed by atoms with Gasteiger partial charge >= 0.3 is 5.97 Å². The molecule has 2 rings (SSSR count). The van der Waals surface area contributed by atoms with Crippen LogP contribution < -0.4 is 0 Å². The fourth-order valence-corrected chi connectivity index (χ4v) is 2.68. The number of carboxylic acid groups (broad SMARTS) is 1. The molecule has 1 aliphatic heterocycles. The van der Waals surface area contributed by atoms with Crippen LogP contribution in [0.4, 0.5) is 0 Å². The van der Waals surface area contributed by atoms with Gasteiger partial charge in [-0.05, 0) is 59.2 Å². The highest BCUT2D eigenvalue weighted by Gasteiger charge is 2.24. The number of hydrogen-bond donors (Lipinski definition) is 1. The zero-order valence-electron chi connectivity index (χ0n) is 9.60. The lowest BCUT2D eigenvalue weighted by Crippen LogP contribution is -2.20. The van der Waals surface area contributed by atoms with Crippen molar-refractivity contribution in [3.05, 3.63) is 33.4 Å². The monoisotopic (exact) mass is 345 g/mol. The zero-order chi connectivity index (χ0) is 12.3. The normalized spacial score (nSPS) is 20.6. The summed E-state index contributed by atoms with van der Waals surface area (Å²) in [4.78, 5) is 13.0. The molecule has 0 spiro atoms. The first-order valence-corrected chi connectivity index (χ1v) is 6.90. The Morgan fingerprint density at radius 1 is 1.41 bits per heavy atom. The SMILES string of the molecule is O=C(O)CC1CCN(Cc2ccc(I)cc2)C1. The van der Waals surface area contributed by atoms with Crippen LogP contribution in [0.15, 0.2) is 24.3 Å². The van der Waals surface area contributed by atoms with E-state index in [4.69, 9.17) is 5.11 Å². The summed E-state index contributed by atoms with van der Waals surface area (Å²) in [7, 11) is 0. The average molecular weight is 345 g/mol. The third-order valence-electron chi connectivity index (χ3n) is 3.15. The molecule has 0 aliphatic carbocycles. The van der Waals surface area contributed by atoms with Gasteiger partial charge in [-0.25, -0.2) is 0 Å². The summed E-state index contributed by atoms with van der Waals surface area (Å²) in [5.74, 6) is -0.345. The van der Waals surface area contributed by atoms with Crippen molar-refractivity contribution in [1.82, 2.24) is 4.90 Å². The van der Waals surface area contributed by atoms with E-state index in [1.807, 2.05) is 0 Å². The molecule has 1 unspecified atom stereocenters. The van der Waals surface area contributed by atoms with E-state index in [2.05, 4.69) is 51.8 Å². The van der Waals surface area contributed by atoms with Gasteiger partial charge in [-0.15, -0.1) is 0 Å². The van der Waals surface area contributed by atoms with E-state index in [0.717, 1.165) is 26.1 Å². The van der Waals surface area contributed by atoms with E-state index in [1.165, 1.54) is 9.13 Å². The minimum absolute atomic E-state index is 0.309. The van der Waals surface area contributed by atoms with E-state index in [9.17, 15) is 4.79 Å². The minimum atomic E-state index is -0.675. The zero-order valence-corrected chi connectivity index (χ0v) is 11.8. The fourth-order valence-electron chi connectivity index (χ4n) is 2.32. The number of carboxylic acids is 1. The molecule has 0 amide bonds. The first kappa shape index (κ1) is 12.8. The van der Waals surface area contributed by atoms with E-state index >= 15 is 0 Å². The molecule has 17 heavy (non-hydrogen) atoms. The van der Waals surface area contributed by atoms with Crippen molar-refractivity contribution in [1.29, 1.82) is 0 Å².